The second-order valence-corrected chi connectivity index (χ2v) is 5.28. The number of amides is 1. The molecule has 24 heavy (non-hydrogen) atoms. The van der Waals surface area contributed by atoms with Crippen molar-refractivity contribution in [2.24, 2.45) is 0 Å². The number of carbonyl (C=O) groups excluding carboxylic acids is 2. The summed E-state index contributed by atoms with van der Waals surface area (Å²) in [7, 11) is 0. The zero-order chi connectivity index (χ0) is 17.4. The van der Waals surface area contributed by atoms with E-state index in [1.807, 2.05) is 18.2 Å². The van der Waals surface area contributed by atoms with Crippen molar-refractivity contribution in [3.8, 4) is 11.8 Å². The van der Waals surface area contributed by atoms with Gasteiger partial charge in [-0.25, -0.2) is 0 Å². The summed E-state index contributed by atoms with van der Waals surface area (Å²) in [5.41, 5.74) is 2.10. The molecule has 122 valence electrons. The molecule has 0 aromatic heterocycles. The smallest absolute Gasteiger partial charge is 0.216 e. The number of carbonyl (C=O) groups is 2. The largest absolute Gasteiger partial charge is 0.485 e. The molecule has 5 nitrogen and oxygen atoms in total. The Balaban J connectivity index is 1.88. The molecule has 2 rings (SSSR count). The van der Waals surface area contributed by atoms with Crippen molar-refractivity contribution >= 4 is 11.7 Å². The van der Waals surface area contributed by atoms with E-state index in [9.17, 15) is 9.59 Å². The first-order chi connectivity index (χ1) is 11.6. The molecule has 0 saturated carbocycles. The molecule has 0 aliphatic carbocycles. The zero-order valence-corrected chi connectivity index (χ0v) is 13.4. The van der Waals surface area contributed by atoms with Gasteiger partial charge < -0.3 is 10.1 Å². The van der Waals surface area contributed by atoms with Crippen LogP contribution in [0.3, 0.4) is 0 Å². The molecule has 1 N–H and O–H groups in total. The second-order valence-electron chi connectivity index (χ2n) is 5.28. The lowest BCUT2D eigenvalue weighted by atomic mass is 10.1. The summed E-state index contributed by atoms with van der Waals surface area (Å²) in [6, 6.07) is 15.9. The third-order valence-corrected chi connectivity index (χ3v) is 3.40. The maximum atomic E-state index is 12.1. The topological polar surface area (TPSA) is 79.2 Å². The first kappa shape index (κ1) is 17.2. The number of ether oxygens (including phenoxy) is 1. The summed E-state index contributed by atoms with van der Waals surface area (Å²) in [6.45, 7) is 1.97. The van der Waals surface area contributed by atoms with Gasteiger partial charge >= 0.3 is 0 Å². The van der Waals surface area contributed by atoms with E-state index in [-0.39, 0.29) is 18.3 Å². The van der Waals surface area contributed by atoms with Crippen LogP contribution >= 0.6 is 0 Å². The summed E-state index contributed by atoms with van der Waals surface area (Å²) in [5.74, 6) is 0.305. The van der Waals surface area contributed by atoms with Gasteiger partial charge in [-0.15, -0.1) is 0 Å². The third kappa shape index (κ3) is 5.25. The highest BCUT2D eigenvalue weighted by atomic mass is 16.5. The molecular formula is C19H18N2O3. The molecule has 5 heteroatoms. The van der Waals surface area contributed by atoms with E-state index < -0.39 is 0 Å². The van der Waals surface area contributed by atoms with E-state index in [1.54, 1.807) is 36.4 Å². The maximum Gasteiger partial charge on any atom is 0.216 e. The number of hydrogen-bond acceptors (Lipinski definition) is 4. The molecule has 0 spiro atoms. The van der Waals surface area contributed by atoms with E-state index in [1.165, 1.54) is 6.92 Å². The molecule has 0 atom stereocenters. The summed E-state index contributed by atoms with van der Waals surface area (Å²) in [6.07, 6.45) is 0.714. The fraction of sp³-hybridized carbons (Fsp3) is 0.211. The first-order valence-corrected chi connectivity index (χ1v) is 7.58. The normalized spacial score (nSPS) is 9.83. The number of ketones is 1. The van der Waals surface area contributed by atoms with Crippen LogP contribution in [-0.2, 0) is 11.2 Å². The average molecular weight is 322 g/mol. The SMILES string of the molecule is CC(=O)NCCc1ccc(C(=O)COc2cccc(C#N)c2)cc1. The van der Waals surface area contributed by atoms with Crippen LogP contribution in [0.5, 0.6) is 5.75 Å². The predicted octanol–water partition coefficient (Wildman–Crippen LogP) is 2.50. The number of rotatable bonds is 7. The van der Waals surface area contributed by atoms with Crippen molar-refractivity contribution in [2.75, 3.05) is 13.2 Å². The van der Waals surface area contributed by atoms with E-state index >= 15 is 0 Å². The number of hydrogen-bond donors (Lipinski definition) is 1. The Morgan fingerprint density at radius 2 is 1.92 bits per heavy atom. The molecule has 0 heterocycles. The van der Waals surface area contributed by atoms with Gasteiger partial charge in [0.25, 0.3) is 0 Å². The summed E-state index contributed by atoms with van der Waals surface area (Å²) in [5, 5.41) is 11.6. The number of nitriles is 1. The molecule has 0 fully saturated rings. The highest BCUT2D eigenvalue weighted by molar-refractivity contribution is 5.97. The standard InChI is InChI=1S/C19H18N2O3/c1-14(22)21-10-9-15-5-7-17(8-6-15)19(23)13-24-18-4-2-3-16(11-18)12-20/h2-8,11H,9-10,13H2,1H3,(H,21,22). The Hall–Kier alpha value is -3.13. The van der Waals surface area contributed by atoms with Gasteiger partial charge in [0.05, 0.1) is 11.6 Å². The van der Waals surface area contributed by atoms with Crippen LogP contribution in [0.1, 0.15) is 28.4 Å². The van der Waals surface area contributed by atoms with Crippen molar-refractivity contribution < 1.29 is 14.3 Å². The van der Waals surface area contributed by atoms with E-state index in [2.05, 4.69) is 5.32 Å². The lowest BCUT2D eigenvalue weighted by Gasteiger charge is -2.07. The Morgan fingerprint density at radius 3 is 2.58 bits per heavy atom. The van der Waals surface area contributed by atoms with Crippen LogP contribution in [0.15, 0.2) is 48.5 Å². The molecule has 2 aromatic rings. The molecule has 1 amide bonds. The summed E-state index contributed by atoms with van der Waals surface area (Å²) >= 11 is 0. The van der Waals surface area contributed by atoms with Gasteiger partial charge in [-0.3, -0.25) is 9.59 Å². The molecular weight excluding hydrogens is 304 g/mol. The van der Waals surface area contributed by atoms with Gasteiger partial charge in [0, 0.05) is 19.0 Å². The number of nitrogens with one attached hydrogen (secondary N) is 1. The highest BCUT2D eigenvalue weighted by Gasteiger charge is 2.07. The lowest BCUT2D eigenvalue weighted by Crippen LogP contribution is -2.22. The number of benzene rings is 2. The average Bonchev–Trinajstić information content (AvgIpc) is 2.60. The van der Waals surface area contributed by atoms with Crippen molar-refractivity contribution in [3.63, 3.8) is 0 Å². The van der Waals surface area contributed by atoms with Crippen LogP contribution in [-0.4, -0.2) is 24.8 Å². The Morgan fingerprint density at radius 1 is 1.17 bits per heavy atom. The second kappa shape index (κ2) is 8.49. The maximum absolute atomic E-state index is 12.1. The Bertz CT molecular complexity index is 761. The van der Waals surface area contributed by atoms with Crippen molar-refractivity contribution in [1.82, 2.24) is 5.32 Å². The highest BCUT2D eigenvalue weighted by Crippen LogP contribution is 2.13. The lowest BCUT2D eigenvalue weighted by molar-refractivity contribution is -0.118. The van der Waals surface area contributed by atoms with Crippen molar-refractivity contribution in [3.05, 3.63) is 65.2 Å². The van der Waals surface area contributed by atoms with Crippen molar-refractivity contribution in [2.45, 2.75) is 13.3 Å². The van der Waals surface area contributed by atoms with Gasteiger partial charge in [0.2, 0.25) is 5.91 Å². The number of Topliss-reactive ketones (excluding diaryl/α,β-unsaturated/α-hetero) is 1. The predicted molar refractivity (Wildman–Crippen MR) is 89.8 cm³/mol. The van der Waals surface area contributed by atoms with Gasteiger partial charge in [0.1, 0.15) is 5.75 Å². The van der Waals surface area contributed by atoms with E-state index in [4.69, 9.17) is 10.00 Å². The van der Waals surface area contributed by atoms with Crippen LogP contribution in [0, 0.1) is 11.3 Å². The minimum Gasteiger partial charge on any atom is -0.485 e. The van der Waals surface area contributed by atoms with Crippen LogP contribution in [0.4, 0.5) is 0 Å². The molecule has 2 aromatic carbocycles. The summed E-state index contributed by atoms with van der Waals surface area (Å²) < 4.78 is 5.44. The van der Waals surface area contributed by atoms with Crippen molar-refractivity contribution in [1.29, 1.82) is 5.26 Å². The van der Waals surface area contributed by atoms with E-state index in [0.29, 0.717) is 29.8 Å². The minimum atomic E-state index is -0.134. The fourth-order valence-electron chi connectivity index (χ4n) is 2.13. The van der Waals surface area contributed by atoms with Gasteiger partial charge in [-0.2, -0.15) is 5.26 Å². The minimum absolute atomic E-state index is 0.0561. The monoisotopic (exact) mass is 322 g/mol. The third-order valence-electron chi connectivity index (χ3n) is 3.40. The zero-order valence-electron chi connectivity index (χ0n) is 13.4. The Kier molecular flexibility index (Phi) is 6.09. The Labute approximate surface area is 140 Å². The van der Waals surface area contributed by atoms with Crippen LogP contribution in [0.2, 0.25) is 0 Å². The molecule has 0 saturated heterocycles. The fourth-order valence-corrected chi connectivity index (χ4v) is 2.13. The van der Waals surface area contributed by atoms with Gasteiger partial charge in [0.15, 0.2) is 12.4 Å². The van der Waals surface area contributed by atoms with Crippen LogP contribution < -0.4 is 10.1 Å². The summed E-state index contributed by atoms with van der Waals surface area (Å²) in [4.78, 5) is 23.0. The van der Waals surface area contributed by atoms with Gasteiger partial charge in [-0.1, -0.05) is 30.3 Å². The van der Waals surface area contributed by atoms with Crippen LogP contribution in [0.25, 0.3) is 0 Å². The van der Waals surface area contributed by atoms with E-state index in [0.717, 1.165) is 5.56 Å². The molecule has 0 aliphatic heterocycles. The molecule has 0 radical (unpaired) electrons. The number of nitrogens with zero attached hydrogens (tertiary/aromatic N) is 1. The molecule has 0 unspecified atom stereocenters. The quantitative estimate of drug-likeness (QED) is 0.794. The first-order valence-electron chi connectivity index (χ1n) is 7.58. The van der Waals surface area contributed by atoms with Gasteiger partial charge in [-0.05, 0) is 30.2 Å². The molecule has 0 bridgehead atoms. The molecule has 0 aliphatic rings.